The zero-order valence-electron chi connectivity index (χ0n) is 22.5. The monoisotopic (exact) mass is 498 g/mol. The van der Waals surface area contributed by atoms with Gasteiger partial charge in [-0.2, -0.15) is 0 Å². The molecule has 196 valence electrons. The molecule has 1 heterocycles. The Morgan fingerprint density at radius 2 is 1.43 bits per heavy atom. The van der Waals surface area contributed by atoms with E-state index in [9.17, 15) is 9.59 Å². The van der Waals surface area contributed by atoms with Crippen molar-refractivity contribution in [1.82, 2.24) is 10.2 Å². The van der Waals surface area contributed by atoms with Crippen LogP contribution >= 0.6 is 0 Å². The lowest BCUT2D eigenvalue weighted by molar-refractivity contribution is -0.148. The Morgan fingerprint density at radius 3 is 2.08 bits per heavy atom. The van der Waals surface area contributed by atoms with Crippen molar-refractivity contribution < 1.29 is 9.59 Å². The molecule has 1 aliphatic heterocycles. The first-order valence-corrected chi connectivity index (χ1v) is 14.5. The van der Waals surface area contributed by atoms with Gasteiger partial charge in [0.2, 0.25) is 11.8 Å². The molecule has 0 unspecified atom stereocenters. The van der Waals surface area contributed by atoms with Gasteiger partial charge in [-0.3, -0.25) is 9.59 Å². The van der Waals surface area contributed by atoms with Crippen molar-refractivity contribution in [3.63, 3.8) is 0 Å². The topological polar surface area (TPSA) is 49.4 Å². The maximum absolute atomic E-state index is 14.4. The minimum Gasteiger partial charge on any atom is -0.353 e. The Morgan fingerprint density at radius 1 is 0.811 bits per heavy atom. The van der Waals surface area contributed by atoms with Crippen molar-refractivity contribution in [3.05, 3.63) is 71.8 Å². The van der Waals surface area contributed by atoms with Crippen LogP contribution in [0.2, 0.25) is 0 Å². The minimum absolute atomic E-state index is 0.0744. The van der Waals surface area contributed by atoms with E-state index in [0.717, 1.165) is 25.7 Å². The summed E-state index contributed by atoms with van der Waals surface area (Å²) in [6.07, 6.45) is 8.52. The molecule has 7 atom stereocenters. The van der Waals surface area contributed by atoms with Gasteiger partial charge in [-0.1, -0.05) is 74.5 Å². The maximum atomic E-state index is 14.4. The van der Waals surface area contributed by atoms with Gasteiger partial charge in [0.25, 0.3) is 0 Å². The van der Waals surface area contributed by atoms with Gasteiger partial charge in [0, 0.05) is 31.5 Å². The number of nitrogens with zero attached hydrogens (tertiary/aromatic N) is 1. The van der Waals surface area contributed by atoms with Gasteiger partial charge >= 0.3 is 0 Å². The Labute approximate surface area is 222 Å². The molecule has 3 aliphatic carbocycles. The van der Waals surface area contributed by atoms with Gasteiger partial charge in [0.05, 0.1) is 0 Å². The molecule has 0 aromatic heterocycles. The smallest absolute Gasteiger partial charge is 0.226 e. The van der Waals surface area contributed by atoms with Gasteiger partial charge in [-0.05, 0) is 84.7 Å². The molecule has 37 heavy (non-hydrogen) atoms. The van der Waals surface area contributed by atoms with Gasteiger partial charge < -0.3 is 10.2 Å². The third kappa shape index (κ3) is 4.30. The van der Waals surface area contributed by atoms with E-state index >= 15 is 0 Å². The van der Waals surface area contributed by atoms with E-state index in [1.807, 2.05) is 12.1 Å². The van der Waals surface area contributed by atoms with Crippen molar-refractivity contribution in [2.75, 3.05) is 0 Å². The molecule has 0 radical (unpaired) electrons. The summed E-state index contributed by atoms with van der Waals surface area (Å²) in [5.74, 6) is 2.66. The summed E-state index contributed by atoms with van der Waals surface area (Å²) in [7, 11) is 0. The summed E-state index contributed by atoms with van der Waals surface area (Å²) in [6, 6.07) is 21.2. The highest BCUT2D eigenvalue weighted by Gasteiger charge is 2.61. The van der Waals surface area contributed by atoms with Crippen LogP contribution in [-0.2, 0) is 22.7 Å². The molecule has 4 aliphatic rings. The molecular formula is C33H42N2O2. The molecule has 4 fully saturated rings. The van der Waals surface area contributed by atoms with Crippen LogP contribution in [0, 0.1) is 34.5 Å². The lowest BCUT2D eigenvalue weighted by Gasteiger charge is -2.60. The third-order valence-corrected chi connectivity index (χ3v) is 11.1. The fourth-order valence-corrected chi connectivity index (χ4v) is 9.15. The Balaban J connectivity index is 1.24. The van der Waals surface area contributed by atoms with Crippen LogP contribution in [0.15, 0.2) is 60.7 Å². The first-order chi connectivity index (χ1) is 17.9. The molecule has 6 rings (SSSR count). The Hall–Kier alpha value is -2.62. The van der Waals surface area contributed by atoms with Crippen molar-refractivity contribution >= 4 is 11.8 Å². The van der Waals surface area contributed by atoms with Crippen molar-refractivity contribution in [2.45, 2.75) is 84.3 Å². The number of benzene rings is 2. The average molecular weight is 499 g/mol. The van der Waals surface area contributed by atoms with Crippen LogP contribution in [0.25, 0.3) is 0 Å². The van der Waals surface area contributed by atoms with Crippen molar-refractivity contribution in [1.29, 1.82) is 0 Å². The predicted octanol–water partition coefficient (Wildman–Crippen LogP) is 6.35. The van der Waals surface area contributed by atoms with E-state index in [-0.39, 0.29) is 22.7 Å². The highest BCUT2D eigenvalue weighted by atomic mass is 16.2. The number of carbonyl (C=O) groups excluding carboxylic acids is 2. The number of fused-ring (bicyclic) bond motifs is 5. The van der Waals surface area contributed by atoms with E-state index < -0.39 is 0 Å². The summed E-state index contributed by atoms with van der Waals surface area (Å²) < 4.78 is 0. The molecule has 2 aromatic carbocycles. The Kier molecular flexibility index (Phi) is 6.41. The van der Waals surface area contributed by atoms with Gasteiger partial charge in [-0.15, -0.1) is 0 Å². The fraction of sp³-hybridized carbons (Fsp3) is 0.576. The second kappa shape index (κ2) is 9.60. The van der Waals surface area contributed by atoms with E-state index in [0.29, 0.717) is 49.2 Å². The summed E-state index contributed by atoms with van der Waals surface area (Å²) in [6.45, 7) is 6.23. The number of carbonyl (C=O) groups is 2. The minimum atomic E-state index is 0.0744. The summed E-state index contributed by atoms with van der Waals surface area (Å²) in [4.78, 5) is 28.7. The molecule has 1 N–H and O–H groups in total. The molecule has 4 nitrogen and oxygen atoms in total. The van der Waals surface area contributed by atoms with E-state index in [1.54, 1.807) is 0 Å². The molecular weight excluding hydrogens is 456 g/mol. The van der Waals surface area contributed by atoms with Crippen LogP contribution in [0.1, 0.15) is 76.3 Å². The van der Waals surface area contributed by atoms with E-state index in [4.69, 9.17) is 0 Å². The quantitative estimate of drug-likeness (QED) is 0.522. The molecule has 4 heteroatoms. The zero-order valence-corrected chi connectivity index (χ0v) is 22.5. The van der Waals surface area contributed by atoms with Crippen LogP contribution in [0.5, 0.6) is 0 Å². The predicted molar refractivity (Wildman–Crippen MR) is 146 cm³/mol. The number of hydrogen-bond donors (Lipinski definition) is 1. The summed E-state index contributed by atoms with van der Waals surface area (Å²) >= 11 is 0. The number of rotatable bonds is 5. The lowest BCUT2D eigenvalue weighted by Crippen LogP contribution is -2.61. The van der Waals surface area contributed by atoms with Gasteiger partial charge in [0.1, 0.15) is 0 Å². The van der Waals surface area contributed by atoms with Crippen LogP contribution in [0.4, 0.5) is 0 Å². The van der Waals surface area contributed by atoms with Crippen LogP contribution in [0.3, 0.4) is 0 Å². The fourth-order valence-electron chi connectivity index (χ4n) is 9.15. The third-order valence-electron chi connectivity index (χ3n) is 11.1. The highest BCUT2D eigenvalue weighted by Crippen LogP contribution is 2.65. The molecule has 2 amide bonds. The van der Waals surface area contributed by atoms with Crippen LogP contribution < -0.4 is 5.32 Å². The van der Waals surface area contributed by atoms with Crippen molar-refractivity contribution in [3.8, 4) is 0 Å². The first-order valence-electron chi connectivity index (χ1n) is 14.5. The standard InChI is InChI=1S/C33H42N2O2/c1-32-19-17-27-25(13-16-29-33(27,2)20-18-30(36)34-29)26(32)14-15-28(32)31(37)35(21-23-9-5-3-6-10-23)22-24-11-7-4-8-12-24/h3-12,25-29H,13-22H2,1-2H3,(H,34,36)/t25-,26-,27-,28+,29+,32-,33+/m0/s1. The van der Waals surface area contributed by atoms with Crippen molar-refractivity contribution in [2.24, 2.45) is 34.5 Å². The second-order valence-corrected chi connectivity index (χ2v) is 12.9. The molecule has 1 saturated heterocycles. The summed E-state index contributed by atoms with van der Waals surface area (Å²) in [5.41, 5.74) is 2.68. The molecule has 2 aromatic rings. The normalized spacial score (nSPS) is 36.6. The molecule has 0 bridgehead atoms. The first kappa shape index (κ1) is 24.7. The number of hydrogen-bond acceptors (Lipinski definition) is 2. The zero-order chi connectivity index (χ0) is 25.6. The van der Waals surface area contributed by atoms with Crippen LogP contribution in [-0.4, -0.2) is 22.8 Å². The number of piperidine rings is 1. The largest absolute Gasteiger partial charge is 0.353 e. The van der Waals surface area contributed by atoms with E-state index in [2.05, 4.69) is 72.6 Å². The second-order valence-electron chi connectivity index (χ2n) is 12.9. The van der Waals surface area contributed by atoms with E-state index in [1.165, 1.54) is 30.4 Å². The van der Waals surface area contributed by atoms with Gasteiger partial charge in [0.15, 0.2) is 0 Å². The molecule has 3 saturated carbocycles. The maximum Gasteiger partial charge on any atom is 0.226 e. The van der Waals surface area contributed by atoms with Gasteiger partial charge in [-0.25, -0.2) is 0 Å². The SMILES string of the molecule is C[C@]12CCC(=O)N[C@@H]1CC[C@@H]1[C@@H]2CC[C@]2(C)[C@@H](C(=O)N(Cc3ccccc3)Cc3ccccc3)CC[C@@H]12. The lowest BCUT2D eigenvalue weighted by atomic mass is 9.47. The number of nitrogens with one attached hydrogen (secondary N) is 1. The summed E-state index contributed by atoms with van der Waals surface area (Å²) in [5, 5.41) is 3.35. The molecule has 0 spiro atoms. The Bertz CT molecular complexity index is 1090. The average Bonchev–Trinajstić information content (AvgIpc) is 3.27. The number of amides is 2. The highest BCUT2D eigenvalue weighted by molar-refractivity contribution is 5.80.